The first-order valence-electron chi connectivity index (χ1n) is 3.57. The third-order valence-electron chi connectivity index (χ3n) is 1.21. The minimum atomic E-state index is -0.797. The Bertz CT molecular complexity index is 113. The van der Waals surface area contributed by atoms with Gasteiger partial charge in [-0.15, -0.1) is 0 Å². The third kappa shape index (κ3) is 6.17. The van der Waals surface area contributed by atoms with Crippen LogP contribution in [0, 0.1) is 5.92 Å². The van der Waals surface area contributed by atoms with Crippen molar-refractivity contribution < 1.29 is 0 Å². The summed E-state index contributed by atoms with van der Waals surface area (Å²) in [5.74, 6) is 1.78. The van der Waals surface area contributed by atoms with Gasteiger partial charge in [0.15, 0.2) is 0 Å². The van der Waals surface area contributed by atoms with E-state index in [9.17, 15) is 0 Å². The van der Waals surface area contributed by atoms with Crippen LogP contribution in [0.5, 0.6) is 0 Å². The molecule has 0 heterocycles. The molecule has 0 aliphatic rings. The molecule has 62 valence electrons. The zero-order valence-corrected chi connectivity index (χ0v) is 8.24. The molecule has 0 bridgehead atoms. The lowest BCUT2D eigenvalue weighted by Crippen LogP contribution is -2.15. The molecule has 1 atom stereocenters. The Morgan fingerprint density at radius 2 is 2.00 bits per heavy atom. The second-order valence-electron chi connectivity index (χ2n) is 3.29. The van der Waals surface area contributed by atoms with Crippen LogP contribution in [0.4, 0.5) is 0 Å². The number of allylic oxidation sites excluding steroid dienone is 2. The van der Waals surface area contributed by atoms with Crippen molar-refractivity contribution in [3.05, 3.63) is 12.2 Å². The summed E-state index contributed by atoms with van der Waals surface area (Å²) in [4.78, 5) is 0. The normalized spacial score (nSPS) is 17.7. The fourth-order valence-corrected chi connectivity index (χ4v) is 2.53. The van der Waals surface area contributed by atoms with Gasteiger partial charge >= 0.3 is 0 Å². The van der Waals surface area contributed by atoms with Crippen LogP contribution in [0.15, 0.2) is 12.2 Å². The summed E-state index contributed by atoms with van der Waals surface area (Å²) in [7, 11) is -0.797. The first-order chi connectivity index (χ1) is 4.45. The molecule has 0 radical (unpaired) electrons. The second kappa shape index (κ2) is 4.04. The highest BCUT2D eigenvalue weighted by molar-refractivity contribution is 8.30. The van der Waals surface area contributed by atoms with Gasteiger partial charge in [0.2, 0.25) is 0 Å². The highest BCUT2D eigenvalue weighted by Gasteiger charge is 2.07. The molecule has 1 nitrogen and oxygen atoms in total. The van der Waals surface area contributed by atoms with Crippen LogP contribution in [0.2, 0.25) is 0 Å². The lowest BCUT2D eigenvalue weighted by Gasteiger charge is -2.27. The molecule has 0 aromatic carbocycles. The summed E-state index contributed by atoms with van der Waals surface area (Å²) >= 11 is 0. The van der Waals surface area contributed by atoms with Gasteiger partial charge in [0, 0.05) is 0 Å². The minimum Gasteiger partial charge on any atom is -0.295 e. The lowest BCUT2D eigenvalue weighted by atomic mass is 10.2. The van der Waals surface area contributed by atoms with E-state index in [-0.39, 0.29) is 0 Å². The van der Waals surface area contributed by atoms with Gasteiger partial charge in [-0.25, -0.2) is 0 Å². The van der Waals surface area contributed by atoms with Gasteiger partial charge in [0.1, 0.15) is 0 Å². The van der Waals surface area contributed by atoms with Gasteiger partial charge in [-0.2, -0.15) is 10.2 Å². The quantitative estimate of drug-likeness (QED) is 0.631. The molecule has 0 aliphatic carbocycles. The fourth-order valence-electron chi connectivity index (χ4n) is 1.06. The van der Waals surface area contributed by atoms with E-state index in [0.29, 0.717) is 5.92 Å². The van der Waals surface area contributed by atoms with Gasteiger partial charge in [-0.3, -0.25) is 5.14 Å². The number of nitrogens with two attached hydrogens (primary N) is 1. The van der Waals surface area contributed by atoms with E-state index in [1.807, 2.05) is 0 Å². The van der Waals surface area contributed by atoms with Crippen LogP contribution in [-0.2, 0) is 0 Å². The summed E-state index contributed by atoms with van der Waals surface area (Å²) < 4.78 is 0. The molecular formula is C8H19NS. The molecular weight excluding hydrogens is 142 g/mol. The van der Waals surface area contributed by atoms with E-state index in [1.165, 1.54) is 0 Å². The topological polar surface area (TPSA) is 26.0 Å². The van der Waals surface area contributed by atoms with E-state index in [1.54, 1.807) is 0 Å². The Morgan fingerprint density at radius 3 is 2.30 bits per heavy atom. The average molecular weight is 161 g/mol. The molecule has 0 amide bonds. The first-order valence-corrected chi connectivity index (χ1v) is 6.25. The standard InChI is InChI=1S/C8H19NS/c1-5-6-8(2)7-10(3,4)9/h5-6,8H,7,9H2,1-4H3. The Kier molecular flexibility index (Phi) is 4.06. The molecule has 0 aromatic rings. The molecule has 0 aromatic heterocycles. The van der Waals surface area contributed by atoms with E-state index in [0.717, 1.165) is 5.75 Å². The number of hydrogen-bond acceptors (Lipinski definition) is 1. The molecule has 0 spiro atoms. The smallest absolute Gasteiger partial charge is 0.00567 e. The average Bonchev–Trinajstić information content (AvgIpc) is 1.59. The SMILES string of the molecule is CC=CC(C)CS(C)(C)N. The van der Waals surface area contributed by atoms with Gasteiger partial charge in [-0.1, -0.05) is 19.1 Å². The Morgan fingerprint density at radius 1 is 1.50 bits per heavy atom. The summed E-state index contributed by atoms with van der Waals surface area (Å²) in [5.41, 5.74) is 0. The Labute approximate surface area is 66.1 Å². The molecule has 0 fully saturated rings. The summed E-state index contributed by atoms with van der Waals surface area (Å²) in [5, 5.41) is 5.92. The molecule has 0 rings (SSSR count). The summed E-state index contributed by atoms with van der Waals surface area (Å²) in [6.07, 6.45) is 8.59. The van der Waals surface area contributed by atoms with Gasteiger partial charge in [-0.05, 0) is 31.1 Å². The van der Waals surface area contributed by atoms with Crippen molar-refractivity contribution in [2.45, 2.75) is 13.8 Å². The maximum absolute atomic E-state index is 5.92. The van der Waals surface area contributed by atoms with E-state index >= 15 is 0 Å². The zero-order chi connectivity index (χ0) is 8.20. The first kappa shape index (κ1) is 10.0. The van der Waals surface area contributed by atoms with Crippen LogP contribution >= 0.6 is 10.2 Å². The van der Waals surface area contributed by atoms with Crippen molar-refractivity contribution in [3.63, 3.8) is 0 Å². The molecule has 0 aliphatic heterocycles. The van der Waals surface area contributed by atoms with Crippen LogP contribution in [-0.4, -0.2) is 18.3 Å². The van der Waals surface area contributed by atoms with Crippen molar-refractivity contribution >= 4 is 10.2 Å². The highest BCUT2D eigenvalue weighted by atomic mass is 32.3. The van der Waals surface area contributed by atoms with Crippen molar-refractivity contribution in [2.24, 2.45) is 11.1 Å². The Balaban J connectivity index is 3.68. The van der Waals surface area contributed by atoms with Crippen LogP contribution in [0.1, 0.15) is 13.8 Å². The number of rotatable bonds is 3. The fraction of sp³-hybridized carbons (Fsp3) is 0.750. The predicted octanol–water partition coefficient (Wildman–Crippen LogP) is 2.14. The third-order valence-corrected chi connectivity index (χ3v) is 2.60. The van der Waals surface area contributed by atoms with Gasteiger partial charge in [0.05, 0.1) is 0 Å². The highest BCUT2D eigenvalue weighted by Crippen LogP contribution is 2.32. The summed E-state index contributed by atoms with van der Waals surface area (Å²) in [6.45, 7) is 4.26. The molecule has 1 unspecified atom stereocenters. The largest absolute Gasteiger partial charge is 0.295 e. The summed E-state index contributed by atoms with van der Waals surface area (Å²) in [6, 6.07) is 0. The molecule has 2 heteroatoms. The molecule has 10 heavy (non-hydrogen) atoms. The zero-order valence-electron chi connectivity index (χ0n) is 7.42. The van der Waals surface area contributed by atoms with Gasteiger partial charge < -0.3 is 0 Å². The predicted molar refractivity (Wildman–Crippen MR) is 52.5 cm³/mol. The van der Waals surface area contributed by atoms with Gasteiger partial charge in [0.25, 0.3) is 0 Å². The van der Waals surface area contributed by atoms with E-state index in [4.69, 9.17) is 5.14 Å². The van der Waals surface area contributed by atoms with Crippen molar-refractivity contribution in [2.75, 3.05) is 18.3 Å². The maximum Gasteiger partial charge on any atom is -0.00567 e. The second-order valence-corrected chi connectivity index (χ2v) is 6.87. The van der Waals surface area contributed by atoms with E-state index in [2.05, 4.69) is 38.5 Å². The number of hydrogen-bond donors (Lipinski definition) is 1. The minimum absolute atomic E-state index is 0.639. The van der Waals surface area contributed by atoms with Crippen molar-refractivity contribution in [1.29, 1.82) is 0 Å². The van der Waals surface area contributed by atoms with Crippen LogP contribution in [0.25, 0.3) is 0 Å². The monoisotopic (exact) mass is 161 g/mol. The van der Waals surface area contributed by atoms with Crippen molar-refractivity contribution in [1.82, 2.24) is 0 Å². The lowest BCUT2D eigenvalue weighted by molar-refractivity contribution is 0.839. The Hall–Kier alpha value is 0.0500. The van der Waals surface area contributed by atoms with Crippen LogP contribution in [0.3, 0.4) is 0 Å². The molecule has 2 N–H and O–H groups in total. The molecule has 0 saturated carbocycles. The van der Waals surface area contributed by atoms with Crippen LogP contribution < -0.4 is 5.14 Å². The van der Waals surface area contributed by atoms with Crippen molar-refractivity contribution in [3.8, 4) is 0 Å². The van der Waals surface area contributed by atoms with E-state index < -0.39 is 10.2 Å². The maximum atomic E-state index is 5.92. The molecule has 0 saturated heterocycles.